The van der Waals surface area contributed by atoms with Crippen LogP contribution in [0.2, 0.25) is 0 Å². The van der Waals surface area contributed by atoms with Crippen molar-refractivity contribution in [1.82, 2.24) is 15.3 Å². The Balaban J connectivity index is 2.09. The summed E-state index contributed by atoms with van der Waals surface area (Å²) in [7, 11) is 0. The third-order valence-corrected chi connectivity index (χ3v) is 2.01. The van der Waals surface area contributed by atoms with E-state index in [0.717, 1.165) is 11.0 Å². The highest BCUT2D eigenvalue weighted by Gasteiger charge is 2.02. The smallest absolute Gasteiger partial charge is 0.320 e. The number of aromatic nitrogens is 2. The first-order valence-electron chi connectivity index (χ1n) is 4.64. The van der Waals surface area contributed by atoms with Crippen molar-refractivity contribution in [1.29, 1.82) is 5.26 Å². The number of benzene rings is 1. The normalized spacial score (nSPS) is 9.69. The van der Waals surface area contributed by atoms with Gasteiger partial charge in [-0.25, -0.2) is 9.78 Å². The lowest BCUT2D eigenvalue weighted by Gasteiger charge is -2.04. The van der Waals surface area contributed by atoms with Crippen LogP contribution in [0.1, 0.15) is 0 Å². The van der Waals surface area contributed by atoms with Gasteiger partial charge in [0.1, 0.15) is 6.54 Å². The molecule has 0 atom stereocenters. The molecule has 1 aromatic carbocycles. The number of nitrogens with one attached hydrogen (secondary N) is 3. The van der Waals surface area contributed by atoms with E-state index in [0.29, 0.717) is 5.69 Å². The van der Waals surface area contributed by atoms with E-state index in [4.69, 9.17) is 5.26 Å². The van der Waals surface area contributed by atoms with Gasteiger partial charge in [-0.05, 0) is 18.2 Å². The highest BCUT2D eigenvalue weighted by Crippen LogP contribution is 2.15. The van der Waals surface area contributed by atoms with Crippen molar-refractivity contribution in [3.05, 3.63) is 24.5 Å². The molecule has 0 unspecified atom stereocenters. The molecule has 16 heavy (non-hydrogen) atoms. The molecule has 0 fully saturated rings. The third-order valence-electron chi connectivity index (χ3n) is 2.01. The summed E-state index contributed by atoms with van der Waals surface area (Å²) in [4.78, 5) is 18.2. The summed E-state index contributed by atoms with van der Waals surface area (Å²) in [6, 6.07) is 6.73. The van der Waals surface area contributed by atoms with Crippen molar-refractivity contribution in [2.45, 2.75) is 0 Å². The molecule has 2 amide bonds. The Hall–Kier alpha value is -2.55. The molecule has 3 N–H and O–H groups in total. The van der Waals surface area contributed by atoms with Gasteiger partial charge in [0.25, 0.3) is 0 Å². The quantitative estimate of drug-likeness (QED) is 0.657. The summed E-state index contributed by atoms with van der Waals surface area (Å²) in [6.07, 6.45) is 1.59. The number of hydrogen-bond donors (Lipinski definition) is 3. The van der Waals surface area contributed by atoms with Crippen LogP contribution in [0.3, 0.4) is 0 Å². The lowest BCUT2D eigenvalue weighted by atomic mass is 10.3. The van der Waals surface area contributed by atoms with Crippen molar-refractivity contribution in [3.8, 4) is 6.07 Å². The predicted molar refractivity (Wildman–Crippen MR) is 58.7 cm³/mol. The molecule has 6 heteroatoms. The second-order valence-corrected chi connectivity index (χ2v) is 3.10. The summed E-state index contributed by atoms with van der Waals surface area (Å²) >= 11 is 0. The number of fused-ring (bicyclic) bond motifs is 1. The summed E-state index contributed by atoms with van der Waals surface area (Å²) < 4.78 is 0. The van der Waals surface area contributed by atoms with Crippen LogP contribution in [0.5, 0.6) is 0 Å². The Bertz CT molecular complexity index is 554. The molecule has 0 saturated heterocycles. The molecular formula is C10H9N5O. The fourth-order valence-electron chi connectivity index (χ4n) is 1.31. The SMILES string of the molecule is N#CCNC(=O)Nc1ccc2nc[nH]c2c1. The van der Waals surface area contributed by atoms with Gasteiger partial charge in [-0.15, -0.1) is 0 Å². The van der Waals surface area contributed by atoms with E-state index in [-0.39, 0.29) is 6.54 Å². The number of urea groups is 1. The number of rotatable bonds is 2. The Morgan fingerprint density at radius 3 is 3.25 bits per heavy atom. The van der Waals surface area contributed by atoms with Gasteiger partial charge in [-0.2, -0.15) is 5.26 Å². The average molecular weight is 215 g/mol. The summed E-state index contributed by atoms with van der Waals surface area (Å²) in [5.74, 6) is 0. The monoisotopic (exact) mass is 215 g/mol. The van der Waals surface area contributed by atoms with Gasteiger partial charge >= 0.3 is 6.03 Å². The number of anilines is 1. The van der Waals surface area contributed by atoms with Gasteiger partial charge in [-0.1, -0.05) is 0 Å². The molecule has 0 bridgehead atoms. The number of imidazole rings is 1. The lowest BCUT2D eigenvalue weighted by Crippen LogP contribution is -2.28. The molecule has 0 saturated carbocycles. The molecule has 2 rings (SSSR count). The van der Waals surface area contributed by atoms with Crippen LogP contribution < -0.4 is 10.6 Å². The van der Waals surface area contributed by atoms with Crippen molar-refractivity contribution < 1.29 is 4.79 Å². The molecule has 2 aromatic rings. The molecule has 6 nitrogen and oxygen atoms in total. The van der Waals surface area contributed by atoms with Gasteiger partial charge in [0.05, 0.1) is 23.4 Å². The summed E-state index contributed by atoms with van der Waals surface area (Å²) in [5, 5.41) is 13.3. The minimum Gasteiger partial charge on any atom is -0.345 e. The largest absolute Gasteiger partial charge is 0.345 e. The molecule has 1 heterocycles. The minimum absolute atomic E-state index is 0.0157. The van der Waals surface area contributed by atoms with Crippen molar-refractivity contribution in [3.63, 3.8) is 0 Å². The zero-order valence-corrected chi connectivity index (χ0v) is 8.32. The molecule has 0 aliphatic heterocycles. The number of H-pyrrole nitrogens is 1. The zero-order valence-electron chi connectivity index (χ0n) is 8.32. The number of aromatic amines is 1. The van der Waals surface area contributed by atoms with Crippen LogP contribution in [0.15, 0.2) is 24.5 Å². The molecule has 0 aliphatic carbocycles. The molecule has 0 radical (unpaired) electrons. The second-order valence-electron chi connectivity index (χ2n) is 3.10. The highest BCUT2D eigenvalue weighted by atomic mass is 16.2. The van der Waals surface area contributed by atoms with E-state index in [9.17, 15) is 4.79 Å². The lowest BCUT2D eigenvalue weighted by molar-refractivity contribution is 0.253. The first-order valence-corrected chi connectivity index (χ1v) is 4.64. The second kappa shape index (κ2) is 4.31. The van der Waals surface area contributed by atoms with Crippen LogP contribution in [0, 0.1) is 11.3 Å². The van der Waals surface area contributed by atoms with Crippen LogP contribution in [-0.4, -0.2) is 22.5 Å². The number of amides is 2. The van der Waals surface area contributed by atoms with Gasteiger partial charge in [0.2, 0.25) is 0 Å². The van der Waals surface area contributed by atoms with Crippen LogP contribution in [0.4, 0.5) is 10.5 Å². The van der Waals surface area contributed by atoms with Gasteiger partial charge in [0, 0.05) is 5.69 Å². The highest BCUT2D eigenvalue weighted by molar-refractivity contribution is 5.91. The Labute approximate surface area is 91.3 Å². The van der Waals surface area contributed by atoms with E-state index in [1.807, 2.05) is 6.07 Å². The van der Waals surface area contributed by atoms with Gasteiger partial charge in [-0.3, -0.25) is 0 Å². The number of hydrogen-bond acceptors (Lipinski definition) is 3. The zero-order chi connectivity index (χ0) is 11.4. The van der Waals surface area contributed by atoms with Crippen LogP contribution in [-0.2, 0) is 0 Å². The van der Waals surface area contributed by atoms with E-state index >= 15 is 0 Å². The fraction of sp³-hybridized carbons (Fsp3) is 0.100. The van der Waals surface area contributed by atoms with E-state index < -0.39 is 6.03 Å². The number of nitriles is 1. The van der Waals surface area contributed by atoms with Gasteiger partial charge in [0.15, 0.2) is 0 Å². The third kappa shape index (κ3) is 2.09. The Kier molecular flexibility index (Phi) is 2.69. The van der Waals surface area contributed by atoms with Crippen LogP contribution in [0.25, 0.3) is 11.0 Å². The maximum atomic E-state index is 11.2. The number of nitrogens with zero attached hydrogens (tertiary/aromatic N) is 2. The fourth-order valence-corrected chi connectivity index (χ4v) is 1.31. The van der Waals surface area contributed by atoms with Gasteiger partial charge < -0.3 is 15.6 Å². The molecule has 0 aliphatic rings. The van der Waals surface area contributed by atoms with E-state index in [1.54, 1.807) is 24.5 Å². The van der Waals surface area contributed by atoms with Crippen molar-refractivity contribution >= 4 is 22.8 Å². The summed E-state index contributed by atoms with van der Waals surface area (Å²) in [5.41, 5.74) is 2.33. The predicted octanol–water partition coefficient (Wildman–Crippen LogP) is 1.21. The minimum atomic E-state index is -0.402. The maximum absolute atomic E-state index is 11.2. The van der Waals surface area contributed by atoms with Crippen molar-refractivity contribution in [2.24, 2.45) is 0 Å². The Morgan fingerprint density at radius 1 is 1.56 bits per heavy atom. The average Bonchev–Trinajstić information content (AvgIpc) is 2.73. The maximum Gasteiger partial charge on any atom is 0.320 e. The number of carbonyl (C=O) groups is 1. The topological polar surface area (TPSA) is 93.6 Å². The molecule has 1 aromatic heterocycles. The molecule has 0 spiro atoms. The molecular weight excluding hydrogens is 206 g/mol. The first-order chi connectivity index (χ1) is 7.79. The standard InChI is InChI=1S/C10H9N5O/c11-3-4-12-10(16)15-7-1-2-8-9(5-7)14-6-13-8/h1-2,5-6H,4H2,(H,13,14)(H2,12,15,16). The summed E-state index contributed by atoms with van der Waals surface area (Å²) in [6.45, 7) is -0.0157. The number of carbonyl (C=O) groups excluding carboxylic acids is 1. The van der Waals surface area contributed by atoms with E-state index in [1.165, 1.54) is 0 Å². The Morgan fingerprint density at radius 2 is 2.44 bits per heavy atom. The molecule has 80 valence electrons. The van der Waals surface area contributed by atoms with Crippen molar-refractivity contribution in [2.75, 3.05) is 11.9 Å². The van der Waals surface area contributed by atoms with E-state index in [2.05, 4.69) is 20.6 Å². The van der Waals surface area contributed by atoms with Crippen LogP contribution >= 0.6 is 0 Å². The first kappa shape index (κ1) is 9.98.